The largest absolute Gasteiger partial charge is 0.292 e. The van der Waals surface area contributed by atoms with Crippen molar-refractivity contribution < 1.29 is 9.59 Å². The van der Waals surface area contributed by atoms with Crippen LogP contribution in [0, 0.1) is 5.92 Å². The Labute approximate surface area is 97.2 Å². The van der Waals surface area contributed by atoms with Gasteiger partial charge in [0.25, 0.3) is 5.91 Å². The average molecular weight is 233 g/mol. The van der Waals surface area contributed by atoms with Gasteiger partial charge in [-0.3, -0.25) is 14.9 Å². The van der Waals surface area contributed by atoms with E-state index in [4.69, 9.17) is 0 Å². The molecule has 1 saturated carbocycles. The second-order valence-corrected chi connectivity index (χ2v) is 5.15. The van der Waals surface area contributed by atoms with Crippen molar-refractivity contribution in [2.45, 2.75) is 19.3 Å². The molecular formula is C12H11NO2S. The van der Waals surface area contributed by atoms with Crippen molar-refractivity contribution in [2.75, 3.05) is 0 Å². The molecule has 3 nitrogen and oxygen atoms in total. The third-order valence-electron chi connectivity index (χ3n) is 2.96. The number of allylic oxidation sites excluding steroid dienone is 1. The molecule has 4 heteroatoms. The topological polar surface area (TPSA) is 46.2 Å². The van der Waals surface area contributed by atoms with Crippen LogP contribution in [0.25, 0.3) is 5.57 Å². The van der Waals surface area contributed by atoms with Crippen molar-refractivity contribution in [1.82, 2.24) is 5.32 Å². The van der Waals surface area contributed by atoms with E-state index in [1.54, 1.807) is 11.3 Å². The highest BCUT2D eigenvalue weighted by Gasteiger charge is 2.35. The molecular weight excluding hydrogens is 222 g/mol. The van der Waals surface area contributed by atoms with Crippen LogP contribution in [0.5, 0.6) is 0 Å². The molecule has 2 aliphatic rings. The summed E-state index contributed by atoms with van der Waals surface area (Å²) in [6.45, 7) is 0. The van der Waals surface area contributed by atoms with E-state index < -0.39 is 0 Å². The maximum absolute atomic E-state index is 11.7. The van der Waals surface area contributed by atoms with E-state index in [-0.39, 0.29) is 18.2 Å². The monoisotopic (exact) mass is 233 g/mol. The smallest absolute Gasteiger partial charge is 0.254 e. The van der Waals surface area contributed by atoms with Gasteiger partial charge in [0, 0.05) is 10.5 Å². The van der Waals surface area contributed by atoms with Crippen molar-refractivity contribution >= 4 is 28.7 Å². The van der Waals surface area contributed by atoms with Crippen LogP contribution in [-0.4, -0.2) is 11.8 Å². The molecule has 2 fully saturated rings. The summed E-state index contributed by atoms with van der Waals surface area (Å²) in [4.78, 5) is 24.0. The normalized spacial score (nSPS) is 23.5. The molecule has 0 radical (unpaired) electrons. The molecule has 0 bridgehead atoms. The number of carbonyl (C=O) groups excluding carboxylic acids is 2. The molecule has 82 valence electrons. The maximum Gasteiger partial charge on any atom is 0.254 e. The van der Waals surface area contributed by atoms with Gasteiger partial charge in [0.05, 0.1) is 6.42 Å². The van der Waals surface area contributed by atoms with Crippen molar-refractivity contribution in [3.63, 3.8) is 0 Å². The summed E-state index contributed by atoms with van der Waals surface area (Å²) < 4.78 is 0. The number of rotatable bonds is 2. The summed E-state index contributed by atoms with van der Waals surface area (Å²) in [7, 11) is 0. The van der Waals surface area contributed by atoms with Gasteiger partial charge in [0.15, 0.2) is 0 Å². The Morgan fingerprint density at radius 1 is 1.38 bits per heavy atom. The van der Waals surface area contributed by atoms with Gasteiger partial charge in [0.2, 0.25) is 5.91 Å². The Hall–Kier alpha value is -1.42. The highest BCUT2D eigenvalue weighted by Crippen LogP contribution is 2.46. The van der Waals surface area contributed by atoms with Gasteiger partial charge in [-0.05, 0) is 35.8 Å². The van der Waals surface area contributed by atoms with Crippen LogP contribution in [-0.2, 0) is 9.59 Å². The Morgan fingerprint density at radius 3 is 2.69 bits per heavy atom. The Bertz CT molecular complexity index is 483. The second kappa shape index (κ2) is 3.56. The molecule has 1 aliphatic heterocycles. The summed E-state index contributed by atoms with van der Waals surface area (Å²) in [5, 5.41) is 4.37. The fourth-order valence-electron chi connectivity index (χ4n) is 2.10. The summed E-state index contributed by atoms with van der Waals surface area (Å²) in [6.07, 6.45) is 2.53. The number of hydrogen-bond donors (Lipinski definition) is 1. The van der Waals surface area contributed by atoms with Gasteiger partial charge in [-0.1, -0.05) is 6.07 Å². The lowest BCUT2D eigenvalue weighted by Crippen LogP contribution is -2.19. The van der Waals surface area contributed by atoms with Gasteiger partial charge in [-0.2, -0.15) is 0 Å². The summed E-state index contributed by atoms with van der Waals surface area (Å²) in [5.41, 5.74) is 1.80. The second-order valence-electron chi connectivity index (χ2n) is 4.20. The van der Waals surface area contributed by atoms with E-state index in [1.165, 1.54) is 0 Å². The zero-order valence-corrected chi connectivity index (χ0v) is 9.47. The SMILES string of the molecule is O=C1CC(=C(c2cccs2)C2CC2)C(=O)N1. The minimum atomic E-state index is -0.194. The molecule has 3 rings (SSSR count). The molecule has 0 unspecified atom stereocenters. The van der Waals surface area contributed by atoms with Gasteiger partial charge in [0.1, 0.15) is 0 Å². The maximum atomic E-state index is 11.7. The highest BCUT2D eigenvalue weighted by atomic mass is 32.1. The highest BCUT2D eigenvalue weighted by molar-refractivity contribution is 7.11. The Balaban J connectivity index is 2.09. The lowest BCUT2D eigenvalue weighted by Gasteiger charge is -2.05. The minimum Gasteiger partial charge on any atom is -0.292 e. The molecule has 0 atom stereocenters. The standard InChI is InChI=1S/C12H11NO2S/c14-10-6-8(12(15)13-10)11(7-3-4-7)9-2-1-5-16-9/h1-2,5,7H,3-4,6H2,(H,13,14,15). The van der Waals surface area contributed by atoms with E-state index in [0.717, 1.165) is 23.3 Å². The molecule has 0 spiro atoms. The first-order valence-electron chi connectivity index (χ1n) is 5.37. The lowest BCUT2D eigenvalue weighted by atomic mass is 10.0. The third-order valence-corrected chi connectivity index (χ3v) is 3.86. The number of nitrogens with one attached hydrogen (secondary N) is 1. The molecule has 0 aromatic carbocycles. The number of hydrogen-bond acceptors (Lipinski definition) is 3. The van der Waals surface area contributed by atoms with Crippen LogP contribution < -0.4 is 5.32 Å². The van der Waals surface area contributed by atoms with E-state index in [0.29, 0.717) is 11.5 Å². The zero-order chi connectivity index (χ0) is 11.1. The quantitative estimate of drug-likeness (QED) is 0.627. The number of imide groups is 1. The van der Waals surface area contributed by atoms with Gasteiger partial charge in [-0.25, -0.2) is 0 Å². The first-order chi connectivity index (χ1) is 7.75. The van der Waals surface area contributed by atoms with E-state index >= 15 is 0 Å². The molecule has 1 N–H and O–H groups in total. The molecule has 2 amide bonds. The molecule has 16 heavy (non-hydrogen) atoms. The third kappa shape index (κ3) is 1.59. The first-order valence-corrected chi connectivity index (χ1v) is 6.25. The lowest BCUT2D eigenvalue weighted by molar-refractivity contribution is -0.124. The molecule has 1 aliphatic carbocycles. The molecule has 1 aromatic heterocycles. The van der Waals surface area contributed by atoms with Gasteiger partial charge >= 0.3 is 0 Å². The minimum absolute atomic E-state index is 0.172. The summed E-state index contributed by atoms with van der Waals surface area (Å²) in [5.74, 6) is 0.125. The summed E-state index contributed by atoms with van der Waals surface area (Å²) >= 11 is 1.64. The van der Waals surface area contributed by atoms with Gasteiger partial charge < -0.3 is 0 Å². The van der Waals surface area contributed by atoms with Crippen LogP contribution in [0.3, 0.4) is 0 Å². The van der Waals surface area contributed by atoms with Crippen LogP contribution >= 0.6 is 11.3 Å². The van der Waals surface area contributed by atoms with Crippen molar-refractivity contribution in [3.8, 4) is 0 Å². The number of amides is 2. The fraction of sp³-hybridized carbons (Fsp3) is 0.333. The predicted octanol–water partition coefficient (Wildman–Crippen LogP) is 1.96. The van der Waals surface area contributed by atoms with E-state index in [1.807, 2.05) is 17.5 Å². The van der Waals surface area contributed by atoms with Crippen LogP contribution in [0.4, 0.5) is 0 Å². The van der Waals surface area contributed by atoms with E-state index in [9.17, 15) is 9.59 Å². The zero-order valence-electron chi connectivity index (χ0n) is 8.66. The van der Waals surface area contributed by atoms with Crippen LogP contribution in [0.15, 0.2) is 23.1 Å². The van der Waals surface area contributed by atoms with Crippen molar-refractivity contribution in [2.24, 2.45) is 5.92 Å². The van der Waals surface area contributed by atoms with Crippen molar-refractivity contribution in [1.29, 1.82) is 0 Å². The molecule has 2 heterocycles. The molecule has 1 aromatic rings. The first kappa shape index (κ1) is 9.78. The Morgan fingerprint density at radius 2 is 2.19 bits per heavy atom. The fourth-order valence-corrected chi connectivity index (χ4v) is 2.98. The predicted molar refractivity (Wildman–Crippen MR) is 61.7 cm³/mol. The van der Waals surface area contributed by atoms with Crippen LogP contribution in [0.1, 0.15) is 24.1 Å². The average Bonchev–Trinajstić information content (AvgIpc) is 2.81. The van der Waals surface area contributed by atoms with Gasteiger partial charge in [-0.15, -0.1) is 11.3 Å². The Kier molecular flexibility index (Phi) is 2.17. The van der Waals surface area contributed by atoms with E-state index in [2.05, 4.69) is 5.32 Å². The number of thiophene rings is 1. The summed E-state index contributed by atoms with van der Waals surface area (Å²) in [6, 6.07) is 4.01. The number of carbonyl (C=O) groups is 2. The molecule has 1 saturated heterocycles. The van der Waals surface area contributed by atoms with Crippen LogP contribution in [0.2, 0.25) is 0 Å². The van der Waals surface area contributed by atoms with Crippen molar-refractivity contribution in [3.05, 3.63) is 28.0 Å².